The molecule has 3 nitrogen and oxygen atoms in total. The highest BCUT2D eigenvalue weighted by molar-refractivity contribution is 7.13. The normalized spacial score (nSPS) is 10.4. The number of anilines is 1. The molecule has 0 aliphatic rings. The van der Waals surface area contributed by atoms with E-state index in [-0.39, 0.29) is 0 Å². The van der Waals surface area contributed by atoms with Gasteiger partial charge in [0.05, 0.1) is 17.3 Å². The molecule has 1 heterocycles. The largest absolute Gasteiger partial charge is 0.494 e. The lowest BCUT2D eigenvalue weighted by Crippen LogP contribution is -1.91. The Labute approximate surface area is 103 Å². The van der Waals surface area contributed by atoms with E-state index in [0.29, 0.717) is 16.8 Å². The van der Waals surface area contributed by atoms with Crippen LogP contribution >= 0.6 is 22.9 Å². The molecule has 0 aliphatic heterocycles. The van der Waals surface area contributed by atoms with Crippen molar-refractivity contribution in [3.63, 3.8) is 0 Å². The van der Waals surface area contributed by atoms with Gasteiger partial charge in [-0.3, -0.25) is 0 Å². The van der Waals surface area contributed by atoms with Crippen molar-refractivity contribution in [3.8, 4) is 17.0 Å². The first-order valence-corrected chi connectivity index (χ1v) is 6.10. The topological polar surface area (TPSA) is 48.1 Å². The van der Waals surface area contributed by atoms with Crippen LogP contribution in [-0.4, -0.2) is 11.6 Å². The van der Waals surface area contributed by atoms with E-state index >= 15 is 0 Å². The van der Waals surface area contributed by atoms with Gasteiger partial charge in [0.25, 0.3) is 0 Å². The van der Waals surface area contributed by atoms with E-state index in [1.54, 1.807) is 6.07 Å². The van der Waals surface area contributed by atoms with Gasteiger partial charge in [-0.1, -0.05) is 11.6 Å². The van der Waals surface area contributed by atoms with Crippen LogP contribution in [0.1, 0.15) is 6.92 Å². The predicted octanol–water partition coefficient (Wildman–Crippen LogP) is 3.44. The number of rotatable bonds is 3. The zero-order valence-corrected chi connectivity index (χ0v) is 10.3. The van der Waals surface area contributed by atoms with Gasteiger partial charge in [0, 0.05) is 10.9 Å². The summed E-state index contributed by atoms with van der Waals surface area (Å²) in [5.41, 5.74) is 7.26. The van der Waals surface area contributed by atoms with Crippen LogP contribution in [0.25, 0.3) is 11.3 Å². The fraction of sp³-hybridized carbons (Fsp3) is 0.182. The molecule has 0 bridgehead atoms. The maximum atomic E-state index is 6.15. The van der Waals surface area contributed by atoms with Crippen LogP contribution in [0.15, 0.2) is 23.6 Å². The molecule has 0 radical (unpaired) electrons. The maximum absolute atomic E-state index is 6.15. The first-order valence-electron chi connectivity index (χ1n) is 4.84. The average Bonchev–Trinajstić information content (AvgIpc) is 2.65. The van der Waals surface area contributed by atoms with Crippen molar-refractivity contribution in [1.82, 2.24) is 4.98 Å². The number of ether oxygens (including phenoxy) is 1. The van der Waals surface area contributed by atoms with Crippen LogP contribution < -0.4 is 10.5 Å². The molecule has 84 valence electrons. The number of thiazole rings is 1. The average molecular weight is 255 g/mol. The molecule has 0 saturated carbocycles. The minimum Gasteiger partial charge on any atom is -0.494 e. The summed E-state index contributed by atoms with van der Waals surface area (Å²) >= 11 is 7.55. The summed E-state index contributed by atoms with van der Waals surface area (Å²) in [4.78, 5) is 4.19. The summed E-state index contributed by atoms with van der Waals surface area (Å²) < 4.78 is 5.36. The second-order valence-electron chi connectivity index (χ2n) is 3.15. The third-order valence-electron chi connectivity index (χ3n) is 2.05. The van der Waals surface area contributed by atoms with E-state index in [0.717, 1.165) is 17.0 Å². The maximum Gasteiger partial charge on any atom is 0.180 e. The summed E-state index contributed by atoms with van der Waals surface area (Å²) in [7, 11) is 0. The Morgan fingerprint density at radius 1 is 1.50 bits per heavy atom. The van der Waals surface area contributed by atoms with Gasteiger partial charge in [-0.25, -0.2) is 4.98 Å². The van der Waals surface area contributed by atoms with E-state index in [9.17, 15) is 0 Å². The Balaban J connectivity index is 2.36. The Morgan fingerprint density at radius 3 is 2.88 bits per heavy atom. The lowest BCUT2D eigenvalue weighted by atomic mass is 10.1. The van der Waals surface area contributed by atoms with Crippen LogP contribution in [-0.2, 0) is 0 Å². The van der Waals surface area contributed by atoms with Gasteiger partial charge in [-0.2, -0.15) is 0 Å². The van der Waals surface area contributed by atoms with Crippen LogP contribution in [0.5, 0.6) is 5.75 Å². The fourth-order valence-corrected chi connectivity index (χ4v) is 2.20. The first-order chi connectivity index (χ1) is 7.70. The van der Waals surface area contributed by atoms with Gasteiger partial charge in [0.2, 0.25) is 0 Å². The molecule has 1 aromatic carbocycles. The number of aromatic nitrogens is 1. The second kappa shape index (κ2) is 4.72. The standard InChI is InChI=1S/C11H11ClN2OS/c1-2-15-7-3-4-8(9(12)5-7)10-6-16-11(13)14-10/h3-6H,2H2,1H3,(H2,13,14). The SMILES string of the molecule is CCOc1ccc(-c2csc(N)n2)c(Cl)c1. The lowest BCUT2D eigenvalue weighted by Gasteiger charge is -2.05. The van der Waals surface area contributed by atoms with Crippen molar-refractivity contribution in [3.05, 3.63) is 28.6 Å². The second-order valence-corrected chi connectivity index (χ2v) is 4.44. The third kappa shape index (κ3) is 2.28. The number of nitrogens with two attached hydrogens (primary N) is 1. The number of nitrogen functional groups attached to an aromatic ring is 1. The van der Waals surface area contributed by atoms with Crippen molar-refractivity contribution >= 4 is 28.1 Å². The first kappa shape index (κ1) is 11.2. The fourth-order valence-electron chi connectivity index (χ4n) is 1.37. The van der Waals surface area contributed by atoms with Gasteiger partial charge in [-0.15, -0.1) is 11.3 Å². The zero-order valence-electron chi connectivity index (χ0n) is 8.74. The van der Waals surface area contributed by atoms with Crippen LogP contribution in [0.2, 0.25) is 5.02 Å². The van der Waals surface area contributed by atoms with Crippen molar-refractivity contribution < 1.29 is 4.74 Å². The molecule has 0 amide bonds. The summed E-state index contributed by atoms with van der Waals surface area (Å²) in [5, 5.41) is 3.05. The third-order valence-corrected chi connectivity index (χ3v) is 3.04. The summed E-state index contributed by atoms with van der Waals surface area (Å²) in [6, 6.07) is 5.55. The molecule has 5 heteroatoms. The van der Waals surface area contributed by atoms with Crippen LogP contribution in [0, 0.1) is 0 Å². The zero-order chi connectivity index (χ0) is 11.5. The Kier molecular flexibility index (Phi) is 3.31. The summed E-state index contributed by atoms with van der Waals surface area (Å²) in [6.45, 7) is 2.56. The molecule has 0 atom stereocenters. The minimum atomic E-state index is 0.542. The van der Waals surface area contributed by atoms with Gasteiger partial charge in [-0.05, 0) is 25.1 Å². The van der Waals surface area contributed by atoms with E-state index in [1.165, 1.54) is 11.3 Å². The van der Waals surface area contributed by atoms with Crippen molar-refractivity contribution in [1.29, 1.82) is 0 Å². The molecular formula is C11H11ClN2OS. The molecule has 2 N–H and O–H groups in total. The monoisotopic (exact) mass is 254 g/mol. The molecule has 2 rings (SSSR count). The number of halogens is 1. The van der Waals surface area contributed by atoms with Crippen molar-refractivity contribution in [2.24, 2.45) is 0 Å². The quantitative estimate of drug-likeness (QED) is 0.913. The van der Waals surface area contributed by atoms with Crippen molar-refractivity contribution in [2.45, 2.75) is 6.92 Å². The van der Waals surface area contributed by atoms with E-state index in [2.05, 4.69) is 4.98 Å². The minimum absolute atomic E-state index is 0.542. The summed E-state index contributed by atoms with van der Waals surface area (Å²) in [6.07, 6.45) is 0. The summed E-state index contributed by atoms with van der Waals surface area (Å²) in [5.74, 6) is 0.763. The van der Waals surface area contributed by atoms with Crippen LogP contribution in [0.3, 0.4) is 0 Å². The van der Waals surface area contributed by atoms with Gasteiger partial charge >= 0.3 is 0 Å². The molecule has 0 saturated heterocycles. The molecule has 0 aliphatic carbocycles. The number of hydrogen-bond acceptors (Lipinski definition) is 4. The van der Waals surface area contributed by atoms with Crippen LogP contribution in [0.4, 0.5) is 5.13 Å². The highest BCUT2D eigenvalue weighted by Crippen LogP contribution is 2.32. The van der Waals surface area contributed by atoms with E-state index in [1.807, 2.05) is 24.4 Å². The Hall–Kier alpha value is -1.26. The van der Waals surface area contributed by atoms with E-state index < -0.39 is 0 Å². The molecule has 0 unspecified atom stereocenters. The molecule has 16 heavy (non-hydrogen) atoms. The highest BCUT2D eigenvalue weighted by Gasteiger charge is 2.08. The van der Waals surface area contributed by atoms with Crippen molar-refractivity contribution in [2.75, 3.05) is 12.3 Å². The molecule has 2 aromatic rings. The highest BCUT2D eigenvalue weighted by atomic mass is 35.5. The van der Waals surface area contributed by atoms with Gasteiger partial charge in [0.1, 0.15) is 5.75 Å². The smallest absolute Gasteiger partial charge is 0.180 e. The molecule has 0 fully saturated rings. The van der Waals surface area contributed by atoms with E-state index in [4.69, 9.17) is 22.1 Å². The number of hydrogen-bond donors (Lipinski definition) is 1. The molecule has 0 spiro atoms. The number of nitrogens with zero attached hydrogens (tertiary/aromatic N) is 1. The Bertz CT molecular complexity index is 498. The lowest BCUT2D eigenvalue weighted by molar-refractivity contribution is 0.340. The van der Waals surface area contributed by atoms with Gasteiger partial charge < -0.3 is 10.5 Å². The predicted molar refractivity (Wildman–Crippen MR) is 68.1 cm³/mol. The molecule has 1 aromatic heterocycles. The number of benzene rings is 1. The molecular weight excluding hydrogens is 244 g/mol. The Morgan fingerprint density at radius 2 is 2.31 bits per heavy atom. The van der Waals surface area contributed by atoms with Gasteiger partial charge in [0.15, 0.2) is 5.13 Å².